The molecule has 1 aromatic rings. The van der Waals surface area contributed by atoms with Crippen LogP contribution in [0.25, 0.3) is 0 Å². The van der Waals surface area contributed by atoms with Gasteiger partial charge in [0, 0.05) is 24.8 Å². The van der Waals surface area contributed by atoms with E-state index in [1.54, 1.807) is 0 Å². The van der Waals surface area contributed by atoms with Crippen LogP contribution in [0.1, 0.15) is 36.8 Å². The molecule has 0 spiro atoms. The molecule has 1 aromatic carbocycles. The summed E-state index contributed by atoms with van der Waals surface area (Å²) in [6.07, 6.45) is 6.84. The van der Waals surface area contributed by atoms with E-state index in [1.807, 2.05) is 6.07 Å². The van der Waals surface area contributed by atoms with Gasteiger partial charge in [0.05, 0.1) is 0 Å². The fourth-order valence-electron chi connectivity index (χ4n) is 3.18. The molecule has 1 saturated carbocycles. The smallest absolute Gasteiger partial charge is 0.0317 e. The van der Waals surface area contributed by atoms with Gasteiger partial charge in [-0.2, -0.15) is 0 Å². The van der Waals surface area contributed by atoms with Gasteiger partial charge in [-0.25, -0.2) is 0 Å². The lowest BCUT2D eigenvalue weighted by molar-refractivity contribution is 0.181. The molecular formula is C14H20N2. The molecule has 0 bridgehead atoms. The van der Waals surface area contributed by atoms with Gasteiger partial charge in [0.15, 0.2) is 0 Å². The minimum atomic E-state index is 0.842. The van der Waals surface area contributed by atoms with Gasteiger partial charge < -0.3 is 5.73 Å². The zero-order chi connectivity index (χ0) is 11.0. The number of nitrogens with two attached hydrogens (primary N) is 1. The van der Waals surface area contributed by atoms with Gasteiger partial charge in [0.1, 0.15) is 0 Å². The van der Waals surface area contributed by atoms with Crippen molar-refractivity contribution in [2.45, 2.75) is 44.7 Å². The highest BCUT2D eigenvalue weighted by molar-refractivity contribution is 5.45. The number of fused-ring (bicyclic) bond motifs is 1. The van der Waals surface area contributed by atoms with Gasteiger partial charge in [-0.05, 0) is 42.5 Å². The van der Waals surface area contributed by atoms with Gasteiger partial charge in [-0.3, -0.25) is 4.90 Å². The molecule has 86 valence electrons. The number of nitrogens with zero attached hydrogens (tertiary/aromatic N) is 1. The Labute approximate surface area is 97.4 Å². The molecule has 0 unspecified atom stereocenters. The first-order valence-electron chi connectivity index (χ1n) is 6.44. The number of nitrogen functional groups attached to an aromatic ring is 1. The van der Waals surface area contributed by atoms with Crippen LogP contribution >= 0.6 is 0 Å². The Morgan fingerprint density at radius 1 is 1.12 bits per heavy atom. The Bertz CT molecular complexity index is 380. The van der Waals surface area contributed by atoms with Crippen LogP contribution in [0.4, 0.5) is 5.69 Å². The molecule has 2 heteroatoms. The number of hydrogen-bond donors (Lipinski definition) is 1. The van der Waals surface area contributed by atoms with Crippen molar-refractivity contribution < 1.29 is 0 Å². The highest BCUT2D eigenvalue weighted by Gasteiger charge is 2.25. The normalized spacial score (nSPS) is 22.2. The maximum absolute atomic E-state index is 5.86. The third-order valence-corrected chi connectivity index (χ3v) is 4.11. The molecule has 2 nitrogen and oxygen atoms in total. The molecule has 0 atom stereocenters. The van der Waals surface area contributed by atoms with Crippen molar-refractivity contribution in [2.75, 3.05) is 12.3 Å². The van der Waals surface area contributed by atoms with Gasteiger partial charge in [-0.15, -0.1) is 0 Å². The summed E-state index contributed by atoms with van der Waals surface area (Å²) in [4.78, 5) is 2.66. The van der Waals surface area contributed by atoms with Crippen LogP contribution in [-0.2, 0) is 13.0 Å². The van der Waals surface area contributed by atoms with Crippen LogP contribution in [0.3, 0.4) is 0 Å². The van der Waals surface area contributed by atoms with Crippen molar-refractivity contribution in [1.82, 2.24) is 4.90 Å². The quantitative estimate of drug-likeness (QED) is 0.731. The molecular weight excluding hydrogens is 196 g/mol. The van der Waals surface area contributed by atoms with Crippen molar-refractivity contribution >= 4 is 5.69 Å². The van der Waals surface area contributed by atoms with Crippen LogP contribution < -0.4 is 5.73 Å². The van der Waals surface area contributed by atoms with Crippen molar-refractivity contribution in [3.05, 3.63) is 29.3 Å². The molecule has 2 aliphatic rings. The van der Waals surface area contributed by atoms with E-state index in [4.69, 9.17) is 5.73 Å². The first-order valence-corrected chi connectivity index (χ1v) is 6.44. The minimum Gasteiger partial charge on any atom is -0.399 e. The molecule has 1 aliphatic heterocycles. The summed E-state index contributed by atoms with van der Waals surface area (Å²) in [6.45, 7) is 2.35. The van der Waals surface area contributed by atoms with E-state index >= 15 is 0 Å². The average Bonchev–Trinajstić information content (AvgIpc) is 2.81. The molecule has 1 fully saturated rings. The zero-order valence-electron chi connectivity index (χ0n) is 9.78. The second-order valence-corrected chi connectivity index (χ2v) is 5.19. The minimum absolute atomic E-state index is 0.842. The van der Waals surface area contributed by atoms with Gasteiger partial charge in [0.2, 0.25) is 0 Å². The molecule has 1 heterocycles. The lowest BCUT2D eigenvalue weighted by atomic mass is 9.97. The maximum Gasteiger partial charge on any atom is 0.0317 e. The summed E-state index contributed by atoms with van der Waals surface area (Å²) in [6, 6.07) is 7.24. The molecule has 2 N–H and O–H groups in total. The summed E-state index contributed by atoms with van der Waals surface area (Å²) in [5.41, 5.74) is 9.73. The lowest BCUT2D eigenvalue weighted by Crippen LogP contribution is -2.37. The van der Waals surface area contributed by atoms with Gasteiger partial charge in [-0.1, -0.05) is 18.9 Å². The number of anilines is 1. The topological polar surface area (TPSA) is 29.3 Å². The molecule has 16 heavy (non-hydrogen) atoms. The summed E-state index contributed by atoms with van der Waals surface area (Å²) >= 11 is 0. The van der Waals surface area contributed by atoms with Crippen molar-refractivity contribution in [3.63, 3.8) is 0 Å². The SMILES string of the molecule is Nc1ccc2c(c1)CN(C1CCCC1)CC2. The highest BCUT2D eigenvalue weighted by atomic mass is 15.2. The van der Waals surface area contributed by atoms with Crippen molar-refractivity contribution in [2.24, 2.45) is 0 Å². The fraction of sp³-hybridized carbons (Fsp3) is 0.571. The predicted octanol–water partition coefficient (Wildman–Crippen LogP) is 2.57. The van der Waals surface area contributed by atoms with Crippen LogP contribution in [0, 0.1) is 0 Å². The van der Waals surface area contributed by atoms with Crippen molar-refractivity contribution in [1.29, 1.82) is 0 Å². The van der Waals surface area contributed by atoms with E-state index in [2.05, 4.69) is 17.0 Å². The number of benzene rings is 1. The third kappa shape index (κ3) is 1.82. The Morgan fingerprint density at radius 2 is 1.94 bits per heavy atom. The Kier molecular flexibility index (Phi) is 2.60. The van der Waals surface area contributed by atoms with E-state index in [0.29, 0.717) is 0 Å². The molecule has 0 aromatic heterocycles. The number of rotatable bonds is 1. The van der Waals surface area contributed by atoms with Crippen LogP contribution in [-0.4, -0.2) is 17.5 Å². The van der Waals surface area contributed by atoms with Crippen LogP contribution in [0.2, 0.25) is 0 Å². The Hall–Kier alpha value is -1.02. The van der Waals surface area contributed by atoms with E-state index in [1.165, 1.54) is 49.8 Å². The summed E-state index contributed by atoms with van der Waals surface area (Å²) in [7, 11) is 0. The van der Waals surface area contributed by atoms with E-state index in [9.17, 15) is 0 Å². The van der Waals surface area contributed by atoms with Crippen molar-refractivity contribution in [3.8, 4) is 0 Å². The predicted molar refractivity (Wildman–Crippen MR) is 67.2 cm³/mol. The standard InChI is InChI=1S/C14H20N2/c15-13-6-5-11-7-8-16(10-12(11)9-13)14-3-1-2-4-14/h5-6,9,14H,1-4,7-8,10,15H2. The molecule has 0 saturated heterocycles. The molecule has 0 amide bonds. The summed E-state index contributed by atoms with van der Waals surface area (Å²) in [5, 5.41) is 0. The third-order valence-electron chi connectivity index (χ3n) is 4.11. The summed E-state index contributed by atoms with van der Waals surface area (Å²) in [5.74, 6) is 0. The van der Waals surface area contributed by atoms with E-state index in [-0.39, 0.29) is 0 Å². The van der Waals surface area contributed by atoms with Gasteiger partial charge in [0.25, 0.3) is 0 Å². The molecule has 3 rings (SSSR count). The second kappa shape index (κ2) is 4.10. The average molecular weight is 216 g/mol. The first kappa shape index (κ1) is 10.2. The van der Waals surface area contributed by atoms with E-state index < -0.39 is 0 Å². The zero-order valence-corrected chi connectivity index (χ0v) is 9.78. The van der Waals surface area contributed by atoms with E-state index in [0.717, 1.165) is 18.3 Å². The van der Waals surface area contributed by atoms with Crippen LogP contribution in [0.15, 0.2) is 18.2 Å². The Morgan fingerprint density at radius 3 is 2.75 bits per heavy atom. The second-order valence-electron chi connectivity index (χ2n) is 5.19. The lowest BCUT2D eigenvalue weighted by Gasteiger charge is -2.33. The fourth-order valence-corrected chi connectivity index (χ4v) is 3.18. The largest absolute Gasteiger partial charge is 0.399 e. The first-order chi connectivity index (χ1) is 7.83. The maximum atomic E-state index is 5.86. The molecule has 0 radical (unpaired) electrons. The molecule has 1 aliphatic carbocycles. The van der Waals surface area contributed by atoms with Crippen LogP contribution in [0.5, 0.6) is 0 Å². The highest BCUT2D eigenvalue weighted by Crippen LogP contribution is 2.29. The summed E-state index contributed by atoms with van der Waals surface area (Å²) < 4.78 is 0. The Balaban J connectivity index is 1.79. The van der Waals surface area contributed by atoms with Gasteiger partial charge >= 0.3 is 0 Å². The number of hydrogen-bond acceptors (Lipinski definition) is 2. The monoisotopic (exact) mass is 216 g/mol.